The van der Waals surface area contributed by atoms with Gasteiger partial charge in [-0.1, -0.05) is 60.2 Å². The van der Waals surface area contributed by atoms with Crippen LogP contribution < -0.4 is 5.32 Å². The maximum absolute atomic E-state index is 11.7. The average Bonchev–Trinajstić information content (AvgIpc) is 2.55. The molecule has 1 N–H and O–H groups in total. The van der Waals surface area contributed by atoms with Gasteiger partial charge in [-0.2, -0.15) is 0 Å². The lowest BCUT2D eigenvalue weighted by atomic mass is 10.1. The smallest absolute Gasteiger partial charge is 0.220 e. The quantitative estimate of drug-likeness (QED) is 0.760. The average molecular weight is 297 g/mol. The summed E-state index contributed by atoms with van der Waals surface area (Å²) in [5.74, 6) is 0.0730. The minimum Gasteiger partial charge on any atom is -0.375 e. The first-order chi connectivity index (χ1) is 10.7. The number of ether oxygens (including phenoxy) is 1. The van der Waals surface area contributed by atoms with Crippen LogP contribution in [0, 0.1) is 6.92 Å². The first-order valence-corrected chi connectivity index (χ1v) is 7.68. The summed E-state index contributed by atoms with van der Waals surface area (Å²) in [5.41, 5.74) is 3.58. The van der Waals surface area contributed by atoms with Crippen molar-refractivity contribution in [2.75, 3.05) is 13.2 Å². The molecule has 0 aliphatic heterocycles. The molecular weight excluding hydrogens is 274 g/mol. The maximum atomic E-state index is 11.7. The Hall–Kier alpha value is -2.13. The standard InChI is InChI=1S/C19H23NO2/c1-16-7-9-17(10-8-16)11-12-19(21)20-13-14-22-15-18-5-3-2-4-6-18/h2-10H,11-15H2,1H3,(H,20,21). The van der Waals surface area contributed by atoms with Gasteiger partial charge in [0, 0.05) is 13.0 Å². The molecule has 0 atom stereocenters. The van der Waals surface area contributed by atoms with Crippen LogP contribution in [-0.4, -0.2) is 19.1 Å². The monoisotopic (exact) mass is 297 g/mol. The van der Waals surface area contributed by atoms with Crippen molar-refractivity contribution in [1.29, 1.82) is 0 Å². The van der Waals surface area contributed by atoms with E-state index in [9.17, 15) is 4.79 Å². The zero-order valence-corrected chi connectivity index (χ0v) is 13.0. The Labute approximate surface area is 132 Å². The van der Waals surface area contributed by atoms with Crippen molar-refractivity contribution >= 4 is 5.91 Å². The highest BCUT2D eigenvalue weighted by molar-refractivity contribution is 5.76. The zero-order chi connectivity index (χ0) is 15.6. The van der Waals surface area contributed by atoms with E-state index in [4.69, 9.17) is 4.74 Å². The Morgan fingerprint density at radius 2 is 1.73 bits per heavy atom. The lowest BCUT2D eigenvalue weighted by molar-refractivity contribution is -0.121. The molecule has 0 unspecified atom stereocenters. The van der Waals surface area contributed by atoms with Gasteiger partial charge >= 0.3 is 0 Å². The topological polar surface area (TPSA) is 38.3 Å². The fourth-order valence-electron chi connectivity index (χ4n) is 2.13. The van der Waals surface area contributed by atoms with E-state index < -0.39 is 0 Å². The number of rotatable bonds is 8. The first kappa shape index (κ1) is 16.2. The van der Waals surface area contributed by atoms with Gasteiger partial charge < -0.3 is 10.1 Å². The van der Waals surface area contributed by atoms with E-state index >= 15 is 0 Å². The molecule has 2 rings (SSSR count). The summed E-state index contributed by atoms with van der Waals surface area (Å²) in [5, 5.41) is 2.89. The molecule has 22 heavy (non-hydrogen) atoms. The second-order valence-electron chi connectivity index (χ2n) is 5.37. The van der Waals surface area contributed by atoms with Crippen LogP contribution in [0.5, 0.6) is 0 Å². The molecule has 0 aliphatic carbocycles. The first-order valence-electron chi connectivity index (χ1n) is 7.68. The highest BCUT2D eigenvalue weighted by Gasteiger charge is 2.01. The Morgan fingerprint density at radius 3 is 2.45 bits per heavy atom. The van der Waals surface area contributed by atoms with E-state index in [1.807, 2.05) is 30.3 Å². The van der Waals surface area contributed by atoms with Crippen LogP contribution in [0.15, 0.2) is 54.6 Å². The Balaban J connectivity index is 1.55. The molecule has 0 radical (unpaired) electrons. The lowest BCUT2D eigenvalue weighted by Gasteiger charge is -2.07. The fraction of sp³-hybridized carbons (Fsp3) is 0.316. The molecular formula is C19H23NO2. The van der Waals surface area contributed by atoms with Crippen molar-refractivity contribution in [3.63, 3.8) is 0 Å². The predicted octanol–water partition coefficient (Wildman–Crippen LogP) is 3.26. The summed E-state index contributed by atoms with van der Waals surface area (Å²) >= 11 is 0. The van der Waals surface area contributed by atoms with Crippen molar-refractivity contribution in [3.8, 4) is 0 Å². The van der Waals surface area contributed by atoms with Gasteiger partial charge in [-0.15, -0.1) is 0 Å². The number of benzene rings is 2. The van der Waals surface area contributed by atoms with Crippen molar-refractivity contribution in [2.24, 2.45) is 0 Å². The highest BCUT2D eigenvalue weighted by Crippen LogP contribution is 2.05. The van der Waals surface area contributed by atoms with Crippen LogP contribution >= 0.6 is 0 Å². The number of carbonyl (C=O) groups excluding carboxylic acids is 1. The van der Waals surface area contributed by atoms with Gasteiger partial charge in [0.05, 0.1) is 13.2 Å². The minimum absolute atomic E-state index is 0.0730. The van der Waals surface area contributed by atoms with E-state index in [2.05, 4.69) is 36.5 Å². The molecule has 1 amide bonds. The second-order valence-corrected chi connectivity index (χ2v) is 5.37. The van der Waals surface area contributed by atoms with E-state index in [0.29, 0.717) is 26.2 Å². The predicted molar refractivity (Wildman–Crippen MR) is 88.6 cm³/mol. The normalized spacial score (nSPS) is 10.4. The molecule has 0 aromatic heterocycles. The lowest BCUT2D eigenvalue weighted by Crippen LogP contribution is -2.27. The van der Waals surface area contributed by atoms with Gasteiger partial charge in [0.15, 0.2) is 0 Å². The van der Waals surface area contributed by atoms with Gasteiger partial charge in [0.1, 0.15) is 0 Å². The summed E-state index contributed by atoms with van der Waals surface area (Å²) in [7, 11) is 0. The summed E-state index contributed by atoms with van der Waals surface area (Å²) in [6, 6.07) is 18.3. The number of carbonyl (C=O) groups is 1. The summed E-state index contributed by atoms with van der Waals surface area (Å²) in [6.45, 7) is 3.73. The Morgan fingerprint density at radius 1 is 1.00 bits per heavy atom. The Bertz CT molecular complexity index is 564. The van der Waals surface area contributed by atoms with E-state index in [1.54, 1.807) is 0 Å². The number of hydrogen-bond donors (Lipinski definition) is 1. The van der Waals surface area contributed by atoms with Gasteiger partial charge in [-0.25, -0.2) is 0 Å². The molecule has 116 valence electrons. The van der Waals surface area contributed by atoms with Crippen molar-refractivity contribution in [1.82, 2.24) is 5.32 Å². The van der Waals surface area contributed by atoms with Crippen LogP contribution in [0.2, 0.25) is 0 Å². The maximum Gasteiger partial charge on any atom is 0.220 e. The van der Waals surface area contributed by atoms with Gasteiger partial charge in [0.2, 0.25) is 5.91 Å². The van der Waals surface area contributed by atoms with E-state index in [0.717, 1.165) is 12.0 Å². The molecule has 0 heterocycles. The fourth-order valence-corrected chi connectivity index (χ4v) is 2.13. The highest BCUT2D eigenvalue weighted by atomic mass is 16.5. The molecule has 0 spiro atoms. The van der Waals surface area contributed by atoms with Crippen LogP contribution in [0.4, 0.5) is 0 Å². The van der Waals surface area contributed by atoms with E-state index in [1.165, 1.54) is 11.1 Å². The third-order valence-corrected chi connectivity index (χ3v) is 3.44. The number of amides is 1. The van der Waals surface area contributed by atoms with Crippen molar-refractivity contribution < 1.29 is 9.53 Å². The zero-order valence-electron chi connectivity index (χ0n) is 13.0. The summed E-state index contributed by atoms with van der Waals surface area (Å²) < 4.78 is 5.53. The number of aryl methyl sites for hydroxylation is 2. The molecule has 3 heteroatoms. The molecule has 2 aromatic carbocycles. The largest absolute Gasteiger partial charge is 0.375 e. The van der Waals surface area contributed by atoms with Gasteiger partial charge in [-0.3, -0.25) is 4.79 Å². The molecule has 0 saturated heterocycles. The SMILES string of the molecule is Cc1ccc(CCC(=O)NCCOCc2ccccc2)cc1. The molecule has 0 fully saturated rings. The van der Waals surface area contributed by atoms with E-state index in [-0.39, 0.29) is 5.91 Å². The van der Waals surface area contributed by atoms with Gasteiger partial charge in [-0.05, 0) is 24.5 Å². The van der Waals surface area contributed by atoms with Gasteiger partial charge in [0.25, 0.3) is 0 Å². The summed E-state index contributed by atoms with van der Waals surface area (Å²) in [6.07, 6.45) is 1.29. The second kappa shape index (κ2) is 9.00. The summed E-state index contributed by atoms with van der Waals surface area (Å²) in [4.78, 5) is 11.7. The third kappa shape index (κ3) is 6.10. The minimum atomic E-state index is 0.0730. The molecule has 0 aliphatic rings. The van der Waals surface area contributed by atoms with Crippen LogP contribution in [0.3, 0.4) is 0 Å². The Kier molecular flexibility index (Phi) is 6.65. The molecule has 0 bridgehead atoms. The number of nitrogens with one attached hydrogen (secondary N) is 1. The number of hydrogen-bond acceptors (Lipinski definition) is 2. The van der Waals surface area contributed by atoms with Crippen LogP contribution in [0.25, 0.3) is 0 Å². The molecule has 3 nitrogen and oxygen atoms in total. The van der Waals surface area contributed by atoms with Crippen molar-refractivity contribution in [2.45, 2.75) is 26.4 Å². The van der Waals surface area contributed by atoms with Crippen molar-refractivity contribution in [3.05, 3.63) is 71.3 Å². The van der Waals surface area contributed by atoms with Crippen LogP contribution in [0.1, 0.15) is 23.1 Å². The molecule has 2 aromatic rings. The third-order valence-electron chi connectivity index (χ3n) is 3.44. The van der Waals surface area contributed by atoms with Crippen LogP contribution in [-0.2, 0) is 22.6 Å². The molecule has 0 saturated carbocycles.